The molecule has 13 heteroatoms. The van der Waals surface area contributed by atoms with Crippen molar-refractivity contribution >= 4 is 56.5 Å². The minimum atomic E-state index is -4.05. The molecular weight excluding hydrogens is 586 g/mol. The number of nitrogens with one attached hydrogen (secondary N) is 2. The molecule has 4 aromatic rings. The number of hydrogen-bond acceptors (Lipinski definition) is 9. The largest absolute Gasteiger partial charge is 0.457 e. The fourth-order valence-corrected chi connectivity index (χ4v) is 6.81. The van der Waals surface area contributed by atoms with Gasteiger partial charge in [-0.3, -0.25) is 10.1 Å². The van der Waals surface area contributed by atoms with Crippen LogP contribution in [0.5, 0.6) is 0 Å². The average Bonchev–Trinajstić information content (AvgIpc) is 3.71. The first kappa shape index (κ1) is 27.3. The van der Waals surface area contributed by atoms with Crippen LogP contribution < -0.4 is 10.0 Å². The Morgan fingerprint density at radius 2 is 1.93 bits per heavy atom. The predicted octanol–water partition coefficient (Wildman–Crippen LogP) is 4.41. The van der Waals surface area contributed by atoms with E-state index in [0.717, 1.165) is 16.0 Å². The summed E-state index contributed by atoms with van der Waals surface area (Å²) in [5.74, 6) is -0.157. The fraction of sp³-hybridized carbons (Fsp3) is 0.179. The standard InChI is InChI=1S/C28H24ClN5O5S2/c1-17-31-23-9-10-24(26(35)33-41(36,37)21-5-3-2-4-6-21)32-25(23)34(17)16-19-8-7-18(14-22(19)29)13-20-15-30-27(40-20)28-38-11-12-39-28/h2-14,27-28,30H,15-16H2,1H3,(H,33,35). The molecule has 2 N–H and O–H groups in total. The van der Waals surface area contributed by atoms with Crippen LogP contribution in [-0.4, -0.2) is 47.1 Å². The van der Waals surface area contributed by atoms with Crippen molar-refractivity contribution in [3.63, 3.8) is 0 Å². The molecule has 2 aromatic carbocycles. The number of imidazole rings is 1. The van der Waals surface area contributed by atoms with Crippen molar-refractivity contribution in [1.29, 1.82) is 0 Å². The van der Waals surface area contributed by atoms with E-state index in [1.807, 2.05) is 29.7 Å². The van der Waals surface area contributed by atoms with Crippen molar-refractivity contribution in [3.8, 4) is 0 Å². The van der Waals surface area contributed by atoms with E-state index in [1.165, 1.54) is 18.2 Å². The maximum absolute atomic E-state index is 12.9. The van der Waals surface area contributed by atoms with Crippen molar-refractivity contribution in [3.05, 3.63) is 106 Å². The molecule has 2 aromatic heterocycles. The van der Waals surface area contributed by atoms with Crippen LogP contribution in [0.15, 0.2) is 83.0 Å². The Morgan fingerprint density at radius 3 is 2.68 bits per heavy atom. The highest BCUT2D eigenvalue weighted by Gasteiger charge is 2.31. The minimum Gasteiger partial charge on any atom is -0.457 e. The molecule has 41 heavy (non-hydrogen) atoms. The molecule has 4 heterocycles. The van der Waals surface area contributed by atoms with Gasteiger partial charge in [0.15, 0.2) is 5.65 Å². The number of carbonyl (C=O) groups excluding carboxylic acids is 1. The van der Waals surface area contributed by atoms with Crippen LogP contribution in [0, 0.1) is 6.92 Å². The molecule has 6 rings (SSSR count). The molecule has 1 atom stereocenters. The Balaban J connectivity index is 1.20. The summed E-state index contributed by atoms with van der Waals surface area (Å²) < 4.78 is 40.0. The quantitative estimate of drug-likeness (QED) is 0.313. The topological polar surface area (TPSA) is 124 Å². The lowest BCUT2D eigenvalue weighted by Gasteiger charge is -2.15. The zero-order valence-corrected chi connectivity index (χ0v) is 24.0. The average molecular weight is 610 g/mol. The third-order valence-electron chi connectivity index (χ3n) is 6.51. The van der Waals surface area contributed by atoms with Crippen molar-refractivity contribution in [2.75, 3.05) is 6.54 Å². The maximum Gasteiger partial charge on any atom is 0.283 e. The molecule has 2 aliphatic rings. The van der Waals surface area contributed by atoms with Crippen LogP contribution >= 0.6 is 23.4 Å². The molecule has 0 radical (unpaired) electrons. The number of sulfonamides is 1. The molecule has 1 amide bonds. The number of thioether (sulfide) groups is 1. The zero-order valence-electron chi connectivity index (χ0n) is 21.7. The lowest BCUT2D eigenvalue weighted by molar-refractivity contribution is -0.0270. The van der Waals surface area contributed by atoms with Gasteiger partial charge < -0.3 is 14.0 Å². The summed E-state index contributed by atoms with van der Waals surface area (Å²) >= 11 is 8.35. The molecule has 1 saturated heterocycles. The number of fused-ring (bicyclic) bond motifs is 1. The molecule has 0 aliphatic carbocycles. The first-order chi connectivity index (χ1) is 19.8. The third-order valence-corrected chi connectivity index (χ3v) is 9.42. The van der Waals surface area contributed by atoms with Gasteiger partial charge in [-0.05, 0) is 54.5 Å². The Bertz CT molecular complexity index is 1800. The number of ether oxygens (including phenoxy) is 2. The van der Waals surface area contributed by atoms with Gasteiger partial charge in [-0.15, -0.1) is 11.8 Å². The summed E-state index contributed by atoms with van der Waals surface area (Å²) in [6, 6.07) is 16.6. The molecule has 0 bridgehead atoms. The van der Waals surface area contributed by atoms with Crippen LogP contribution in [0.2, 0.25) is 5.02 Å². The first-order valence-corrected chi connectivity index (χ1v) is 15.3. The minimum absolute atomic E-state index is 0.00131. The number of halogens is 1. The number of amides is 1. The monoisotopic (exact) mass is 609 g/mol. The molecule has 2 aliphatic heterocycles. The highest BCUT2D eigenvalue weighted by Crippen LogP contribution is 2.33. The van der Waals surface area contributed by atoms with E-state index < -0.39 is 15.9 Å². The van der Waals surface area contributed by atoms with Gasteiger partial charge >= 0.3 is 0 Å². The first-order valence-electron chi connectivity index (χ1n) is 12.6. The SMILES string of the molecule is Cc1nc2ccc(C(=O)NS(=O)(=O)c3ccccc3)nc2n1Cc1ccc(C=C2CNC(C3OC=CO3)S2)cc1Cl. The molecule has 1 unspecified atom stereocenters. The normalized spacial score (nSPS) is 18.1. The Kier molecular flexibility index (Phi) is 7.47. The van der Waals surface area contributed by atoms with Crippen molar-refractivity contribution < 1.29 is 22.7 Å². The molecule has 0 saturated carbocycles. The van der Waals surface area contributed by atoms with Gasteiger partial charge in [0, 0.05) is 16.5 Å². The van der Waals surface area contributed by atoms with Gasteiger partial charge in [0.25, 0.3) is 22.2 Å². The second-order valence-electron chi connectivity index (χ2n) is 9.33. The number of aryl methyl sites for hydroxylation is 1. The predicted molar refractivity (Wildman–Crippen MR) is 156 cm³/mol. The van der Waals surface area contributed by atoms with Gasteiger partial charge in [-0.25, -0.2) is 23.1 Å². The van der Waals surface area contributed by atoms with Gasteiger partial charge in [0.2, 0.25) is 0 Å². The lowest BCUT2D eigenvalue weighted by Crippen LogP contribution is -2.33. The second-order valence-corrected chi connectivity index (χ2v) is 12.7. The molecule has 210 valence electrons. The molecule has 10 nitrogen and oxygen atoms in total. The van der Waals surface area contributed by atoms with Crippen LogP contribution in [0.1, 0.15) is 27.4 Å². The Labute approximate surface area is 245 Å². The van der Waals surface area contributed by atoms with E-state index in [4.69, 9.17) is 21.1 Å². The van der Waals surface area contributed by atoms with Gasteiger partial charge in [-0.1, -0.05) is 41.9 Å². The summed E-state index contributed by atoms with van der Waals surface area (Å²) in [4.78, 5) is 23.0. The molecule has 0 spiro atoms. The summed E-state index contributed by atoms with van der Waals surface area (Å²) in [6.07, 6.45) is 4.81. The van der Waals surface area contributed by atoms with Crippen LogP contribution in [0.4, 0.5) is 0 Å². The van der Waals surface area contributed by atoms with Crippen molar-refractivity contribution in [1.82, 2.24) is 24.6 Å². The lowest BCUT2D eigenvalue weighted by atomic mass is 10.1. The Morgan fingerprint density at radius 1 is 1.15 bits per heavy atom. The number of pyridine rings is 1. The van der Waals surface area contributed by atoms with Crippen molar-refractivity contribution in [2.24, 2.45) is 0 Å². The van der Waals surface area contributed by atoms with Crippen LogP contribution in [-0.2, 0) is 26.0 Å². The van der Waals surface area contributed by atoms with E-state index in [0.29, 0.717) is 35.1 Å². The highest BCUT2D eigenvalue weighted by atomic mass is 35.5. The van der Waals surface area contributed by atoms with E-state index in [-0.39, 0.29) is 22.3 Å². The van der Waals surface area contributed by atoms with Gasteiger partial charge in [-0.2, -0.15) is 0 Å². The number of benzene rings is 2. The smallest absolute Gasteiger partial charge is 0.283 e. The maximum atomic E-state index is 12.9. The number of rotatable bonds is 7. The molecule has 1 fully saturated rings. The highest BCUT2D eigenvalue weighted by molar-refractivity contribution is 8.04. The number of aromatic nitrogens is 3. The van der Waals surface area contributed by atoms with E-state index in [2.05, 4.69) is 26.1 Å². The zero-order chi connectivity index (χ0) is 28.6. The Hall–Kier alpha value is -3.84. The number of nitrogens with zero attached hydrogens (tertiary/aromatic N) is 3. The third kappa shape index (κ3) is 5.82. The van der Waals surface area contributed by atoms with Crippen LogP contribution in [0.3, 0.4) is 0 Å². The van der Waals surface area contributed by atoms with E-state index in [9.17, 15) is 13.2 Å². The summed E-state index contributed by atoms with van der Waals surface area (Å²) in [5, 5.41) is 3.95. The van der Waals surface area contributed by atoms with E-state index >= 15 is 0 Å². The summed E-state index contributed by atoms with van der Waals surface area (Å²) in [5.41, 5.74) is 2.77. The summed E-state index contributed by atoms with van der Waals surface area (Å²) in [6.45, 7) is 2.90. The van der Waals surface area contributed by atoms with Crippen LogP contribution in [0.25, 0.3) is 17.2 Å². The number of carbonyl (C=O) groups is 1. The molecular formula is C28H24ClN5O5S2. The van der Waals surface area contributed by atoms with Crippen molar-refractivity contribution in [2.45, 2.75) is 30.0 Å². The fourth-order valence-electron chi connectivity index (χ4n) is 4.48. The van der Waals surface area contributed by atoms with Gasteiger partial charge in [0.05, 0.1) is 11.4 Å². The van der Waals surface area contributed by atoms with E-state index in [1.54, 1.807) is 48.6 Å². The van der Waals surface area contributed by atoms with Gasteiger partial charge in [0.1, 0.15) is 34.9 Å². The number of hydrogen-bond donors (Lipinski definition) is 2. The second kappa shape index (κ2) is 11.2. The summed E-state index contributed by atoms with van der Waals surface area (Å²) in [7, 11) is -4.05.